The van der Waals surface area contributed by atoms with Crippen molar-refractivity contribution in [1.29, 1.82) is 0 Å². The average Bonchev–Trinajstić information content (AvgIpc) is 0.947. The fraction of sp³-hybridized carbons (Fsp3) is 0.851. The summed E-state index contributed by atoms with van der Waals surface area (Å²) in [5.41, 5.74) is 0. The van der Waals surface area contributed by atoms with Crippen molar-refractivity contribution < 1.29 is 133 Å². The van der Waals surface area contributed by atoms with Gasteiger partial charge in [0.1, 0.15) is 32.5 Å². The van der Waals surface area contributed by atoms with Crippen LogP contribution < -0.4 is 0 Å². The van der Waals surface area contributed by atoms with Gasteiger partial charge in [0.05, 0.1) is 46.2 Å². The van der Waals surface area contributed by atoms with Gasteiger partial charge in [-0.15, -0.1) is 0 Å². The zero-order chi connectivity index (χ0) is 89.6. The van der Waals surface area contributed by atoms with Crippen LogP contribution in [0.4, 0.5) is 0 Å². The Bertz CT molecular complexity index is 2560. The van der Waals surface area contributed by atoms with Crippen LogP contribution >= 0.6 is 0 Å². The number of unbranched alkanes of at least 4 members (excludes halogenated alkanes) is 33. The molecule has 0 aliphatic carbocycles. The molecule has 0 N–H and O–H groups in total. The molecular weight excluding hydrogens is 1580 g/mol. The second kappa shape index (κ2) is 85.7. The van der Waals surface area contributed by atoms with Gasteiger partial charge in [-0.1, -0.05) is 202 Å². The summed E-state index contributed by atoms with van der Waals surface area (Å²) in [7, 11) is 0. The summed E-state index contributed by atoms with van der Waals surface area (Å²) in [4.78, 5) is 176. The van der Waals surface area contributed by atoms with Gasteiger partial charge in [0, 0.05) is 103 Å². The molecule has 0 bridgehead atoms. The van der Waals surface area contributed by atoms with Crippen LogP contribution in [0.3, 0.4) is 0 Å². The first-order valence-corrected chi connectivity index (χ1v) is 47.5. The summed E-state index contributed by atoms with van der Waals surface area (Å²) in [5, 5.41) is 0. The van der Waals surface area contributed by atoms with E-state index in [9.17, 15) is 67.1 Å². The molecule has 0 saturated heterocycles. The fourth-order valence-electron chi connectivity index (χ4n) is 12.5. The van der Waals surface area contributed by atoms with E-state index in [1.54, 1.807) is 0 Å². The van der Waals surface area contributed by atoms with E-state index in [2.05, 4.69) is 0 Å². The molecule has 2 unspecified atom stereocenters. The molecule has 0 aliphatic heterocycles. The van der Waals surface area contributed by atoms with Crippen molar-refractivity contribution in [2.24, 2.45) is 0 Å². The van der Waals surface area contributed by atoms with Gasteiger partial charge in [0.25, 0.3) is 0 Å². The highest BCUT2D eigenvalue weighted by Gasteiger charge is 2.24. The molecule has 28 heteroatoms. The third-order valence-electron chi connectivity index (χ3n) is 20.2. The number of rotatable bonds is 88. The number of ether oxygens (including phenoxy) is 14. The van der Waals surface area contributed by atoms with Crippen LogP contribution in [-0.4, -0.2) is 175 Å². The highest BCUT2D eigenvalue weighted by atomic mass is 16.6. The van der Waals surface area contributed by atoms with Gasteiger partial charge in [-0.3, -0.25) is 67.1 Å². The zero-order valence-corrected chi connectivity index (χ0v) is 76.1. The van der Waals surface area contributed by atoms with Gasteiger partial charge in [0.2, 0.25) is 0 Å². The maximum absolute atomic E-state index is 13.1. The molecule has 2 atom stereocenters. The van der Waals surface area contributed by atoms with E-state index in [0.29, 0.717) is 181 Å². The summed E-state index contributed by atoms with van der Waals surface area (Å²) in [6.07, 6.45) is 34.5. The maximum atomic E-state index is 13.1. The normalized spacial score (nSPS) is 11.7. The van der Waals surface area contributed by atoms with E-state index in [1.807, 2.05) is 34.6 Å². The first kappa shape index (κ1) is 115. The lowest BCUT2D eigenvalue weighted by Gasteiger charge is -2.18. The number of hydrogen-bond donors (Lipinski definition) is 0. The molecule has 0 aromatic carbocycles. The van der Waals surface area contributed by atoms with Crippen LogP contribution in [0.1, 0.15) is 426 Å². The molecule has 0 saturated carbocycles. The van der Waals surface area contributed by atoms with E-state index in [-0.39, 0.29) is 140 Å². The molecule has 0 amide bonds. The Balaban J connectivity index is 5.25. The van der Waals surface area contributed by atoms with Gasteiger partial charge in [0.15, 0.2) is 12.2 Å². The monoisotopic (exact) mass is 1740 g/mol. The smallest absolute Gasteiger partial charge is 0.306 e. The summed E-state index contributed by atoms with van der Waals surface area (Å²) in [6, 6.07) is 0. The Morgan fingerprint density at radius 3 is 0.443 bits per heavy atom. The Hall–Kier alpha value is -7.42. The number of hydrogen-bond acceptors (Lipinski definition) is 28. The van der Waals surface area contributed by atoms with Crippen molar-refractivity contribution in [3.63, 3.8) is 0 Å². The van der Waals surface area contributed by atoms with E-state index in [0.717, 1.165) is 173 Å². The molecular formula is C94H162O28. The van der Waals surface area contributed by atoms with Crippen LogP contribution in [0.15, 0.2) is 0 Å². The number of carbonyl (C=O) groups is 14. The Morgan fingerprint density at radius 1 is 0.148 bits per heavy atom. The Kier molecular flexibility index (Phi) is 80.5. The lowest BCUT2D eigenvalue weighted by Crippen LogP contribution is -2.30. The third kappa shape index (κ3) is 81.0. The van der Waals surface area contributed by atoms with Crippen molar-refractivity contribution in [3.05, 3.63) is 0 Å². The Labute approximate surface area is 731 Å². The first-order valence-electron chi connectivity index (χ1n) is 47.5. The molecule has 0 aromatic heterocycles. The number of carbonyl (C=O) groups excluding carboxylic acids is 14. The molecule has 0 rings (SSSR count). The lowest BCUT2D eigenvalue weighted by molar-refractivity contribution is -0.167. The number of esters is 14. The van der Waals surface area contributed by atoms with Crippen molar-refractivity contribution in [1.82, 2.24) is 0 Å². The molecule has 0 spiro atoms. The predicted molar refractivity (Wildman–Crippen MR) is 460 cm³/mol. The Morgan fingerprint density at radius 2 is 0.279 bits per heavy atom. The largest absolute Gasteiger partial charge is 0.466 e. The van der Waals surface area contributed by atoms with Crippen LogP contribution in [-0.2, 0) is 133 Å². The predicted octanol–water partition coefficient (Wildman–Crippen LogP) is 19.6. The van der Waals surface area contributed by atoms with Crippen molar-refractivity contribution in [2.75, 3.05) is 72.7 Å². The molecule has 0 fully saturated rings. The van der Waals surface area contributed by atoms with E-state index in [1.165, 1.54) is 0 Å². The minimum Gasteiger partial charge on any atom is -0.466 e. The molecule has 0 aliphatic rings. The van der Waals surface area contributed by atoms with Crippen LogP contribution in [0.25, 0.3) is 0 Å². The molecule has 706 valence electrons. The average molecular weight is 1740 g/mol. The SMILES string of the molecule is CCCCOC(=O)CCCCCCCC(=O)OCC(COC(=O)CCCCCCCC(=O)OCCC(CCOC(=O)CCCCCCCC(=O)OCC(COC(=O)CCCCCCCC(=O)OCCCC)OC(=O)CCCCCCCC(=O)OCCCC)OC(=O)CCCCCCCC(=O)OCCCC)OC(=O)CCCCCCCC(=O)OCCCC. The standard InChI is InChI=1S/C94H162O28/c1-6-11-67-109-81(95)51-37-23-16-30-44-58-88(102)116-74-79(121-93(107)63-49-35-21-28-40-54-84(98)112-70-14-9-4)76-118-90(104)60-46-32-18-25-42-56-86(100)114-72-65-78(120-92(106)62-48-34-20-27-39-53-83(97)111-69-13-8-3)66-73-115-87(101)57-43-26-19-33-47-61-91(105)119-77-80(122-94(108)64-50-36-22-29-41-55-85(99)113-71-15-10-5)75-117-89(103)59-45-31-17-24-38-52-82(96)110-68-12-7-2/h78-80H,6-77H2,1-5H3. The topological polar surface area (TPSA) is 368 Å². The maximum Gasteiger partial charge on any atom is 0.306 e. The molecule has 0 radical (unpaired) electrons. The van der Waals surface area contributed by atoms with Crippen molar-refractivity contribution in [3.8, 4) is 0 Å². The summed E-state index contributed by atoms with van der Waals surface area (Å²) in [5.74, 6) is -5.19. The van der Waals surface area contributed by atoms with Gasteiger partial charge >= 0.3 is 83.6 Å². The molecule has 28 nitrogen and oxygen atoms in total. The zero-order valence-electron chi connectivity index (χ0n) is 76.1. The molecule has 0 aromatic rings. The highest BCUT2D eigenvalue weighted by Crippen LogP contribution is 2.20. The van der Waals surface area contributed by atoms with Crippen LogP contribution in [0.5, 0.6) is 0 Å². The molecule has 0 heterocycles. The quantitative estimate of drug-likeness (QED) is 0.0310. The molecule has 122 heavy (non-hydrogen) atoms. The van der Waals surface area contributed by atoms with Crippen LogP contribution in [0.2, 0.25) is 0 Å². The van der Waals surface area contributed by atoms with Crippen LogP contribution in [0, 0.1) is 0 Å². The van der Waals surface area contributed by atoms with Crippen molar-refractivity contribution >= 4 is 83.6 Å². The van der Waals surface area contributed by atoms with E-state index in [4.69, 9.17) is 66.3 Å². The van der Waals surface area contributed by atoms with Crippen molar-refractivity contribution in [2.45, 2.75) is 445 Å². The summed E-state index contributed by atoms with van der Waals surface area (Å²) in [6.45, 7) is 11.1. The lowest BCUT2D eigenvalue weighted by atomic mass is 10.1. The van der Waals surface area contributed by atoms with Gasteiger partial charge in [-0.2, -0.15) is 0 Å². The minimum atomic E-state index is -1.000. The summed E-state index contributed by atoms with van der Waals surface area (Å²) >= 11 is 0. The minimum absolute atomic E-state index is 0.0285. The van der Waals surface area contributed by atoms with E-state index >= 15 is 0 Å². The first-order chi connectivity index (χ1) is 59.2. The highest BCUT2D eigenvalue weighted by molar-refractivity contribution is 5.74. The van der Waals surface area contributed by atoms with Gasteiger partial charge < -0.3 is 66.3 Å². The second-order valence-corrected chi connectivity index (χ2v) is 31.8. The third-order valence-corrected chi connectivity index (χ3v) is 20.2. The fourth-order valence-corrected chi connectivity index (χ4v) is 12.5. The van der Waals surface area contributed by atoms with Gasteiger partial charge in [-0.05, 0) is 122 Å². The second-order valence-electron chi connectivity index (χ2n) is 31.8. The summed E-state index contributed by atoms with van der Waals surface area (Å²) < 4.78 is 76.3. The van der Waals surface area contributed by atoms with Gasteiger partial charge in [-0.25, -0.2) is 0 Å². The van der Waals surface area contributed by atoms with E-state index < -0.39 is 72.0 Å².